The topological polar surface area (TPSA) is 64.4 Å². The van der Waals surface area contributed by atoms with Crippen molar-refractivity contribution in [3.05, 3.63) is 48.2 Å². The summed E-state index contributed by atoms with van der Waals surface area (Å²) >= 11 is 0. The van der Waals surface area contributed by atoms with E-state index in [1.165, 1.54) is 0 Å². The second-order valence-corrected chi connectivity index (χ2v) is 4.23. The molecule has 0 saturated heterocycles. The maximum absolute atomic E-state index is 11.7. The van der Waals surface area contributed by atoms with Crippen LogP contribution in [0, 0.1) is 6.92 Å². The van der Waals surface area contributed by atoms with Gasteiger partial charge in [-0.25, -0.2) is 0 Å². The van der Waals surface area contributed by atoms with Gasteiger partial charge in [0.15, 0.2) is 6.61 Å². The van der Waals surface area contributed by atoms with Gasteiger partial charge in [-0.3, -0.25) is 9.78 Å². The van der Waals surface area contributed by atoms with E-state index in [9.17, 15) is 4.79 Å². The van der Waals surface area contributed by atoms with Crippen molar-refractivity contribution in [1.82, 2.24) is 10.3 Å². The summed E-state index contributed by atoms with van der Waals surface area (Å²) in [4.78, 5) is 15.8. The Bertz CT molecular complexity index is 520. The summed E-state index contributed by atoms with van der Waals surface area (Å²) < 4.78 is 10.5. The van der Waals surface area contributed by atoms with Crippen LogP contribution in [0.4, 0.5) is 0 Å². The Hall–Kier alpha value is -2.30. The quantitative estimate of drug-likeness (QED) is 0.895. The maximum Gasteiger partial charge on any atom is 0.258 e. The first-order chi connectivity index (χ1) is 9.15. The maximum atomic E-state index is 11.7. The number of ether oxygens (including phenoxy) is 1. The van der Waals surface area contributed by atoms with Gasteiger partial charge >= 0.3 is 0 Å². The number of aryl methyl sites for hydroxylation is 1. The highest BCUT2D eigenvalue weighted by molar-refractivity contribution is 5.77. The van der Waals surface area contributed by atoms with Crippen LogP contribution >= 0.6 is 0 Å². The molecule has 2 heterocycles. The van der Waals surface area contributed by atoms with E-state index in [0.717, 1.165) is 5.69 Å². The fraction of sp³-hybridized carbons (Fsp3) is 0.286. The molecule has 0 spiro atoms. The molecule has 2 rings (SSSR count). The van der Waals surface area contributed by atoms with E-state index in [2.05, 4.69) is 10.3 Å². The zero-order valence-electron chi connectivity index (χ0n) is 10.9. The molecule has 0 aliphatic heterocycles. The number of amides is 1. The molecule has 1 N–H and O–H groups in total. The largest absolute Gasteiger partial charge is 0.482 e. The molecule has 0 aliphatic rings. The van der Waals surface area contributed by atoms with Gasteiger partial charge in [0, 0.05) is 5.69 Å². The number of furan rings is 1. The van der Waals surface area contributed by atoms with E-state index < -0.39 is 0 Å². The van der Waals surface area contributed by atoms with Gasteiger partial charge in [-0.05, 0) is 38.1 Å². The molecule has 19 heavy (non-hydrogen) atoms. The second kappa shape index (κ2) is 6.04. The van der Waals surface area contributed by atoms with E-state index >= 15 is 0 Å². The van der Waals surface area contributed by atoms with Crippen molar-refractivity contribution in [2.75, 3.05) is 6.61 Å². The number of carbonyl (C=O) groups is 1. The van der Waals surface area contributed by atoms with Crippen molar-refractivity contribution in [2.24, 2.45) is 0 Å². The predicted molar refractivity (Wildman–Crippen MR) is 69.7 cm³/mol. The first-order valence-electron chi connectivity index (χ1n) is 6.03. The van der Waals surface area contributed by atoms with E-state index in [4.69, 9.17) is 9.15 Å². The van der Waals surface area contributed by atoms with Crippen molar-refractivity contribution < 1.29 is 13.9 Å². The number of nitrogens with zero attached hydrogens (tertiary/aromatic N) is 1. The van der Waals surface area contributed by atoms with E-state index in [1.807, 2.05) is 26.0 Å². The molecule has 2 aromatic rings. The second-order valence-electron chi connectivity index (χ2n) is 4.23. The van der Waals surface area contributed by atoms with Crippen LogP contribution in [0.2, 0.25) is 0 Å². The smallest absolute Gasteiger partial charge is 0.258 e. The highest BCUT2D eigenvalue weighted by Crippen LogP contribution is 2.12. The lowest BCUT2D eigenvalue weighted by Crippen LogP contribution is -2.31. The Morgan fingerprint density at radius 1 is 1.47 bits per heavy atom. The zero-order chi connectivity index (χ0) is 13.7. The Labute approximate surface area is 111 Å². The number of hydrogen-bond donors (Lipinski definition) is 1. The number of hydrogen-bond acceptors (Lipinski definition) is 4. The summed E-state index contributed by atoms with van der Waals surface area (Å²) in [5.41, 5.74) is 0.906. The molecule has 1 amide bonds. The molecule has 0 fully saturated rings. The minimum absolute atomic E-state index is 0.0458. The highest BCUT2D eigenvalue weighted by atomic mass is 16.5. The highest BCUT2D eigenvalue weighted by Gasteiger charge is 2.12. The van der Waals surface area contributed by atoms with Crippen molar-refractivity contribution in [1.29, 1.82) is 0 Å². The Kier molecular flexibility index (Phi) is 4.18. The summed E-state index contributed by atoms with van der Waals surface area (Å²) in [5.74, 6) is 1.08. The number of aromatic nitrogens is 1. The standard InChI is InChI=1S/C14H16N2O3/c1-10-5-6-12(8-15-10)19-9-14(17)16-11(2)13-4-3-7-18-13/h3-8,11H,9H2,1-2H3,(H,16,17). The van der Waals surface area contributed by atoms with E-state index in [-0.39, 0.29) is 18.6 Å². The Morgan fingerprint density at radius 2 is 2.32 bits per heavy atom. The van der Waals surface area contributed by atoms with Crippen molar-refractivity contribution >= 4 is 5.91 Å². The summed E-state index contributed by atoms with van der Waals surface area (Å²) in [7, 11) is 0. The number of pyridine rings is 1. The minimum Gasteiger partial charge on any atom is -0.482 e. The molecule has 0 bridgehead atoms. The molecular formula is C14H16N2O3. The Morgan fingerprint density at radius 3 is 2.95 bits per heavy atom. The van der Waals surface area contributed by atoms with Crippen molar-refractivity contribution in [3.63, 3.8) is 0 Å². The van der Waals surface area contributed by atoms with Crippen LogP contribution in [-0.4, -0.2) is 17.5 Å². The Balaban J connectivity index is 1.80. The molecule has 0 aromatic carbocycles. The molecule has 1 atom stereocenters. The van der Waals surface area contributed by atoms with Gasteiger partial charge in [0.2, 0.25) is 0 Å². The van der Waals surface area contributed by atoms with Gasteiger partial charge in [0.05, 0.1) is 18.5 Å². The average molecular weight is 260 g/mol. The third kappa shape index (κ3) is 3.84. The van der Waals surface area contributed by atoms with Gasteiger partial charge in [0.1, 0.15) is 11.5 Å². The third-order valence-electron chi connectivity index (χ3n) is 2.60. The molecule has 0 saturated carbocycles. The van der Waals surface area contributed by atoms with Crippen LogP contribution in [-0.2, 0) is 4.79 Å². The van der Waals surface area contributed by atoms with Crippen molar-refractivity contribution in [3.8, 4) is 5.75 Å². The van der Waals surface area contributed by atoms with Gasteiger partial charge < -0.3 is 14.5 Å². The van der Waals surface area contributed by atoms with Crippen LogP contribution in [0.5, 0.6) is 5.75 Å². The fourth-order valence-corrected chi connectivity index (χ4v) is 1.58. The number of rotatable bonds is 5. The normalized spacial score (nSPS) is 11.9. The zero-order valence-corrected chi connectivity index (χ0v) is 10.9. The van der Waals surface area contributed by atoms with E-state index in [1.54, 1.807) is 24.6 Å². The first-order valence-corrected chi connectivity index (χ1v) is 6.03. The van der Waals surface area contributed by atoms with Gasteiger partial charge in [-0.15, -0.1) is 0 Å². The summed E-state index contributed by atoms with van der Waals surface area (Å²) in [6, 6.07) is 7.04. The van der Waals surface area contributed by atoms with E-state index in [0.29, 0.717) is 11.5 Å². The van der Waals surface area contributed by atoms with Crippen LogP contribution in [0.3, 0.4) is 0 Å². The van der Waals surface area contributed by atoms with Crippen LogP contribution < -0.4 is 10.1 Å². The van der Waals surface area contributed by atoms with Crippen LogP contribution in [0.25, 0.3) is 0 Å². The average Bonchev–Trinajstić information content (AvgIpc) is 2.92. The summed E-state index contributed by atoms with van der Waals surface area (Å²) in [6.07, 6.45) is 3.17. The van der Waals surface area contributed by atoms with Crippen LogP contribution in [0.1, 0.15) is 24.4 Å². The lowest BCUT2D eigenvalue weighted by molar-refractivity contribution is -0.123. The molecule has 5 heteroatoms. The summed E-state index contributed by atoms with van der Waals surface area (Å²) in [5, 5.41) is 2.79. The van der Waals surface area contributed by atoms with Gasteiger partial charge in [0.25, 0.3) is 5.91 Å². The van der Waals surface area contributed by atoms with Crippen LogP contribution in [0.15, 0.2) is 41.1 Å². The lowest BCUT2D eigenvalue weighted by atomic mass is 10.2. The molecule has 1 unspecified atom stereocenters. The first kappa shape index (κ1) is 13.1. The predicted octanol–water partition coefficient (Wildman–Crippen LogP) is 2.24. The minimum atomic E-state index is -0.204. The monoisotopic (exact) mass is 260 g/mol. The fourth-order valence-electron chi connectivity index (χ4n) is 1.58. The number of carbonyl (C=O) groups excluding carboxylic acids is 1. The SMILES string of the molecule is Cc1ccc(OCC(=O)NC(C)c2ccco2)cn1. The molecule has 100 valence electrons. The number of nitrogens with one attached hydrogen (secondary N) is 1. The lowest BCUT2D eigenvalue weighted by Gasteiger charge is -2.12. The molecule has 5 nitrogen and oxygen atoms in total. The third-order valence-corrected chi connectivity index (χ3v) is 2.60. The molecule has 0 aliphatic carbocycles. The van der Waals surface area contributed by atoms with Crippen molar-refractivity contribution in [2.45, 2.75) is 19.9 Å². The molecule has 0 radical (unpaired) electrons. The molecular weight excluding hydrogens is 244 g/mol. The molecule has 2 aromatic heterocycles. The summed E-state index contributed by atoms with van der Waals surface area (Å²) in [6.45, 7) is 3.70. The van der Waals surface area contributed by atoms with Gasteiger partial charge in [-0.1, -0.05) is 0 Å². The van der Waals surface area contributed by atoms with Gasteiger partial charge in [-0.2, -0.15) is 0 Å².